The molecule has 20 heteroatoms. The fourth-order valence-electron chi connectivity index (χ4n) is 8.40. The van der Waals surface area contributed by atoms with Gasteiger partial charge in [0.05, 0.1) is 79.4 Å². The van der Waals surface area contributed by atoms with Crippen LogP contribution in [0.2, 0.25) is 0 Å². The van der Waals surface area contributed by atoms with Gasteiger partial charge in [-0.1, -0.05) is 13.0 Å². The lowest BCUT2D eigenvalue weighted by Gasteiger charge is -2.44. The summed E-state index contributed by atoms with van der Waals surface area (Å²) in [5.74, 6) is -0.875. The lowest BCUT2D eigenvalue weighted by atomic mass is 9.97. The van der Waals surface area contributed by atoms with Gasteiger partial charge >= 0.3 is 12.2 Å². The highest BCUT2D eigenvalue weighted by molar-refractivity contribution is 5.86. The van der Waals surface area contributed by atoms with Crippen molar-refractivity contribution >= 4 is 37.0 Å². The number of nitrogens with zero attached hydrogens (tertiary/aromatic N) is 4. The monoisotopic (exact) mass is 948 g/mol. The molecule has 0 saturated carbocycles. The van der Waals surface area contributed by atoms with Gasteiger partial charge in [0.2, 0.25) is 5.91 Å². The highest BCUT2D eigenvalue weighted by Gasteiger charge is 2.40. The van der Waals surface area contributed by atoms with E-state index in [1.165, 1.54) is 46.2 Å². The number of aromatic hydroxyl groups is 3. The average molecular weight is 949 g/mol. The van der Waals surface area contributed by atoms with Crippen LogP contribution in [0.25, 0.3) is 0 Å². The zero-order chi connectivity index (χ0) is 49.2. The molecule has 3 saturated heterocycles. The van der Waals surface area contributed by atoms with E-state index in [-0.39, 0.29) is 110 Å². The Bertz CT molecular complexity index is 2310. The molecule has 5 unspecified atom stereocenters. The van der Waals surface area contributed by atoms with Crippen molar-refractivity contribution in [2.75, 3.05) is 72.9 Å². The van der Waals surface area contributed by atoms with Gasteiger partial charge in [-0.05, 0) is 71.1 Å². The minimum atomic E-state index is -0.923. The molecule has 0 spiro atoms. The van der Waals surface area contributed by atoms with Gasteiger partial charge in [-0.15, -0.1) is 0 Å². The summed E-state index contributed by atoms with van der Waals surface area (Å²) in [6.07, 6.45) is -1.54. The van der Waals surface area contributed by atoms with Crippen LogP contribution in [0, 0.1) is 0 Å². The topological polar surface area (TPSA) is 241 Å². The first-order chi connectivity index (χ1) is 32.6. The molecule has 3 aliphatic heterocycles. The molecule has 68 heavy (non-hydrogen) atoms. The molecule has 0 aliphatic carbocycles. The molecule has 20 nitrogen and oxygen atoms in total. The molecule has 5 atom stereocenters. The Balaban J connectivity index is 1.17. The van der Waals surface area contributed by atoms with Crippen LogP contribution in [0.1, 0.15) is 95.4 Å². The van der Waals surface area contributed by atoms with Crippen molar-refractivity contribution in [1.29, 1.82) is 0 Å². The van der Waals surface area contributed by atoms with Crippen LogP contribution in [0.4, 0.5) is 9.59 Å². The second-order valence-electron chi connectivity index (χ2n) is 17.2. The second-order valence-corrected chi connectivity index (χ2v) is 17.2. The molecule has 3 N–H and O–H groups in total. The van der Waals surface area contributed by atoms with Crippen LogP contribution in [-0.4, -0.2) is 175 Å². The van der Waals surface area contributed by atoms with Crippen molar-refractivity contribution in [3.05, 3.63) is 70.3 Å². The molecule has 3 aromatic rings. The Morgan fingerprint density at radius 2 is 1.21 bits per heavy atom. The predicted octanol–water partition coefficient (Wildman–Crippen LogP) is 4.90. The van der Waals surface area contributed by atoms with Crippen molar-refractivity contribution in [2.24, 2.45) is 0 Å². The van der Waals surface area contributed by atoms with Crippen LogP contribution < -0.4 is 14.2 Å². The summed E-state index contributed by atoms with van der Waals surface area (Å²) in [6.45, 7) is 9.31. The van der Waals surface area contributed by atoms with Gasteiger partial charge in [0, 0.05) is 37.2 Å². The Labute approximate surface area is 394 Å². The number of likely N-dealkylation sites (N-methyl/N-ethyl adjacent to an activating group) is 1. The van der Waals surface area contributed by atoms with Crippen molar-refractivity contribution in [1.82, 2.24) is 19.6 Å². The predicted molar refractivity (Wildman–Crippen MR) is 242 cm³/mol. The summed E-state index contributed by atoms with van der Waals surface area (Å²) in [6, 6.07) is 8.13. The normalized spacial score (nSPS) is 21.0. The highest BCUT2D eigenvalue weighted by Crippen LogP contribution is 2.40. The SMILES string of the molecule is CCC(=O)N1CCOCC1COc1ccc(C2CN(C(=O)OC(C)C)C(COc3ccc(C4CN(C(=O)OC(C)C)C(COc5cccc(O)c5C=O)CN4C)c(O)c3C=O)CO2)c(O)c1C=O. The van der Waals surface area contributed by atoms with E-state index in [2.05, 4.69) is 0 Å². The summed E-state index contributed by atoms with van der Waals surface area (Å²) >= 11 is 0. The highest BCUT2D eigenvalue weighted by atomic mass is 16.6. The van der Waals surface area contributed by atoms with Crippen molar-refractivity contribution in [3.63, 3.8) is 0 Å². The van der Waals surface area contributed by atoms with Gasteiger partial charge in [0.1, 0.15) is 60.4 Å². The third kappa shape index (κ3) is 11.5. The lowest BCUT2D eigenvalue weighted by Crippen LogP contribution is -2.57. The molecule has 0 radical (unpaired) electrons. The molecule has 3 amide bonds. The molecule has 0 aromatic heterocycles. The van der Waals surface area contributed by atoms with Crippen LogP contribution in [0.5, 0.6) is 34.5 Å². The fourth-order valence-corrected chi connectivity index (χ4v) is 8.40. The molecule has 0 bridgehead atoms. The second kappa shape index (κ2) is 22.9. The summed E-state index contributed by atoms with van der Waals surface area (Å²) in [5, 5.41) is 33.2. The number of hydrogen-bond acceptors (Lipinski definition) is 17. The number of morpholine rings is 2. The number of aldehydes is 3. The fraction of sp³-hybridized carbons (Fsp3) is 0.500. The van der Waals surface area contributed by atoms with Crippen LogP contribution in [-0.2, 0) is 23.7 Å². The first kappa shape index (κ1) is 50.8. The third-order valence-corrected chi connectivity index (χ3v) is 11.9. The Morgan fingerprint density at radius 3 is 1.78 bits per heavy atom. The van der Waals surface area contributed by atoms with Crippen molar-refractivity contribution in [2.45, 2.75) is 83.5 Å². The van der Waals surface area contributed by atoms with Gasteiger partial charge in [-0.2, -0.15) is 0 Å². The first-order valence-corrected chi connectivity index (χ1v) is 22.5. The van der Waals surface area contributed by atoms with E-state index in [0.717, 1.165) is 0 Å². The van der Waals surface area contributed by atoms with E-state index < -0.39 is 60.4 Å². The quantitative estimate of drug-likeness (QED) is 0.152. The molecular formula is C48H60N4O16. The summed E-state index contributed by atoms with van der Waals surface area (Å²) in [5.41, 5.74) is 0.168. The molecule has 6 rings (SSSR count). The maximum absolute atomic E-state index is 13.6. The number of hydrogen-bond donors (Lipinski definition) is 3. The number of phenols is 3. The maximum atomic E-state index is 13.6. The third-order valence-electron chi connectivity index (χ3n) is 11.9. The Hall–Kier alpha value is -6.64. The van der Waals surface area contributed by atoms with E-state index in [1.54, 1.807) is 52.6 Å². The van der Waals surface area contributed by atoms with E-state index in [4.69, 9.17) is 33.2 Å². The van der Waals surface area contributed by atoms with Gasteiger partial charge in [-0.3, -0.25) is 33.9 Å². The van der Waals surface area contributed by atoms with Crippen LogP contribution in [0.3, 0.4) is 0 Å². The number of ether oxygens (including phenoxy) is 7. The zero-order valence-corrected chi connectivity index (χ0v) is 39.0. The van der Waals surface area contributed by atoms with E-state index in [0.29, 0.717) is 44.0 Å². The summed E-state index contributed by atoms with van der Waals surface area (Å²) in [4.78, 5) is 82.6. The minimum Gasteiger partial charge on any atom is -0.507 e. The average Bonchev–Trinajstić information content (AvgIpc) is 3.31. The standard InChI is InChI=1S/C48H60N4O16/c1-7-44(57)50-15-16-62-23-31(50)25-64-42-14-12-34(46(59)37(42)22-55)43-19-52(48(61)68-29(4)5)32(27-66-43)26-65-41-13-11-33(45(58)36(41)21-54)38-18-51(47(60)67-28(2)3)30(17-49(38)6)24-63-40-10-8-9-39(56)35(40)20-53/h8-14,20-22,28-32,38,43,56,58-59H,7,15-19,23-27H2,1-6H3. The van der Waals surface area contributed by atoms with E-state index in [9.17, 15) is 44.1 Å². The number of piperazine rings is 1. The van der Waals surface area contributed by atoms with Crippen molar-refractivity contribution < 1.29 is 77.2 Å². The molecule has 3 fully saturated rings. The number of benzene rings is 3. The molecular weight excluding hydrogens is 889 g/mol. The minimum absolute atomic E-state index is 0.00397. The zero-order valence-electron chi connectivity index (χ0n) is 39.0. The Morgan fingerprint density at radius 1 is 0.676 bits per heavy atom. The van der Waals surface area contributed by atoms with E-state index >= 15 is 0 Å². The van der Waals surface area contributed by atoms with Crippen LogP contribution >= 0.6 is 0 Å². The number of phenolic OH excluding ortho intramolecular Hbond substituents is 3. The Kier molecular flexibility index (Phi) is 17.1. The van der Waals surface area contributed by atoms with Gasteiger partial charge < -0.3 is 53.4 Å². The summed E-state index contributed by atoms with van der Waals surface area (Å²) < 4.78 is 40.9. The lowest BCUT2D eigenvalue weighted by molar-refractivity contribution is -0.140. The number of carbonyl (C=O) groups excluding carboxylic acids is 6. The number of amides is 3. The molecule has 368 valence electrons. The van der Waals surface area contributed by atoms with Crippen LogP contribution in [0.15, 0.2) is 42.5 Å². The van der Waals surface area contributed by atoms with Gasteiger partial charge in [0.25, 0.3) is 0 Å². The molecule has 3 aliphatic rings. The number of carbonyl (C=O) groups is 6. The number of rotatable bonds is 17. The smallest absolute Gasteiger partial charge is 0.410 e. The summed E-state index contributed by atoms with van der Waals surface area (Å²) in [7, 11) is 1.78. The van der Waals surface area contributed by atoms with Gasteiger partial charge in [-0.25, -0.2) is 9.59 Å². The molecule has 3 heterocycles. The first-order valence-electron chi connectivity index (χ1n) is 22.5. The maximum Gasteiger partial charge on any atom is 0.410 e. The largest absolute Gasteiger partial charge is 0.507 e. The molecule has 3 aromatic carbocycles. The van der Waals surface area contributed by atoms with Crippen molar-refractivity contribution in [3.8, 4) is 34.5 Å². The van der Waals surface area contributed by atoms with Gasteiger partial charge in [0.15, 0.2) is 18.9 Å². The van der Waals surface area contributed by atoms with E-state index in [1.807, 2.05) is 4.90 Å².